The van der Waals surface area contributed by atoms with Crippen molar-refractivity contribution in [2.75, 3.05) is 13.7 Å². The van der Waals surface area contributed by atoms with Crippen molar-refractivity contribution in [1.29, 1.82) is 0 Å². The molecule has 1 aromatic carbocycles. The van der Waals surface area contributed by atoms with Crippen molar-refractivity contribution >= 4 is 11.8 Å². The minimum Gasteiger partial charge on any atom is -0.496 e. The van der Waals surface area contributed by atoms with Gasteiger partial charge in [-0.05, 0) is 55.2 Å². The van der Waals surface area contributed by atoms with E-state index in [9.17, 15) is 0 Å². The lowest BCUT2D eigenvalue weighted by Gasteiger charge is -2.41. The van der Waals surface area contributed by atoms with Crippen molar-refractivity contribution < 1.29 is 4.74 Å². The molecule has 21 heavy (non-hydrogen) atoms. The first-order valence-electron chi connectivity index (χ1n) is 7.95. The fourth-order valence-corrected chi connectivity index (χ4v) is 4.79. The summed E-state index contributed by atoms with van der Waals surface area (Å²) < 4.78 is 5.50. The van der Waals surface area contributed by atoms with E-state index in [-0.39, 0.29) is 0 Å². The number of ether oxygens (including phenoxy) is 1. The highest BCUT2D eigenvalue weighted by Gasteiger charge is 2.36. The molecule has 1 aliphatic rings. The topological polar surface area (TPSA) is 35.2 Å². The van der Waals surface area contributed by atoms with Gasteiger partial charge in [-0.25, -0.2) is 0 Å². The van der Waals surface area contributed by atoms with Gasteiger partial charge in [0.15, 0.2) is 0 Å². The van der Waals surface area contributed by atoms with Gasteiger partial charge in [-0.15, -0.1) is 11.8 Å². The van der Waals surface area contributed by atoms with Gasteiger partial charge in [0, 0.05) is 10.1 Å². The SMILES string of the molecule is COc1ccccc1SC1CC(C(C)(C)C)CCC1CN. The second kappa shape index (κ2) is 7.06. The van der Waals surface area contributed by atoms with E-state index in [1.165, 1.54) is 24.2 Å². The zero-order valence-corrected chi connectivity index (χ0v) is 14.6. The maximum absolute atomic E-state index is 6.03. The molecule has 1 aromatic rings. The van der Waals surface area contributed by atoms with Gasteiger partial charge in [0.1, 0.15) is 5.75 Å². The van der Waals surface area contributed by atoms with Crippen LogP contribution in [0.15, 0.2) is 29.2 Å². The van der Waals surface area contributed by atoms with Gasteiger partial charge < -0.3 is 10.5 Å². The molecule has 118 valence electrons. The van der Waals surface area contributed by atoms with E-state index >= 15 is 0 Å². The van der Waals surface area contributed by atoms with Gasteiger partial charge in [0.05, 0.1) is 7.11 Å². The Kier molecular flexibility index (Phi) is 5.61. The summed E-state index contributed by atoms with van der Waals surface area (Å²) in [4.78, 5) is 1.25. The molecule has 0 heterocycles. The van der Waals surface area contributed by atoms with Crippen LogP contribution in [0.1, 0.15) is 40.0 Å². The van der Waals surface area contributed by atoms with Crippen LogP contribution < -0.4 is 10.5 Å². The average Bonchev–Trinajstić information content (AvgIpc) is 2.47. The zero-order valence-electron chi connectivity index (χ0n) is 13.8. The maximum Gasteiger partial charge on any atom is 0.132 e. The lowest BCUT2D eigenvalue weighted by Crippen LogP contribution is -2.36. The molecule has 2 nitrogen and oxygen atoms in total. The number of thioether (sulfide) groups is 1. The maximum atomic E-state index is 6.03. The van der Waals surface area contributed by atoms with E-state index in [4.69, 9.17) is 10.5 Å². The number of para-hydroxylation sites is 1. The predicted molar refractivity (Wildman–Crippen MR) is 92.0 cm³/mol. The molecule has 3 heteroatoms. The Hall–Kier alpha value is -0.670. The van der Waals surface area contributed by atoms with Crippen LogP contribution in [0.2, 0.25) is 0 Å². The number of methoxy groups -OCH3 is 1. The highest BCUT2D eigenvalue weighted by molar-refractivity contribution is 8.00. The van der Waals surface area contributed by atoms with Crippen LogP contribution in [-0.2, 0) is 0 Å². The highest BCUT2D eigenvalue weighted by atomic mass is 32.2. The Morgan fingerprint density at radius 1 is 1.24 bits per heavy atom. The first kappa shape index (κ1) is 16.7. The van der Waals surface area contributed by atoms with Gasteiger partial charge >= 0.3 is 0 Å². The molecule has 2 rings (SSSR count). The van der Waals surface area contributed by atoms with Crippen molar-refractivity contribution in [3.8, 4) is 5.75 Å². The Balaban J connectivity index is 2.14. The van der Waals surface area contributed by atoms with Crippen molar-refractivity contribution in [2.24, 2.45) is 23.0 Å². The lowest BCUT2D eigenvalue weighted by molar-refractivity contribution is 0.157. The van der Waals surface area contributed by atoms with Crippen LogP contribution in [0.3, 0.4) is 0 Å². The van der Waals surface area contributed by atoms with Crippen LogP contribution in [-0.4, -0.2) is 18.9 Å². The second-order valence-electron chi connectivity index (χ2n) is 7.18. The van der Waals surface area contributed by atoms with Crippen molar-refractivity contribution in [2.45, 2.75) is 50.2 Å². The Morgan fingerprint density at radius 2 is 1.95 bits per heavy atom. The van der Waals surface area contributed by atoms with Crippen LogP contribution >= 0.6 is 11.8 Å². The van der Waals surface area contributed by atoms with Crippen LogP contribution in [0.5, 0.6) is 5.75 Å². The number of benzene rings is 1. The highest BCUT2D eigenvalue weighted by Crippen LogP contribution is 2.46. The van der Waals surface area contributed by atoms with E-state index < -0.39 is 0 Å². The molecular weight excluding hydrogens is 278 g/mol. The minimum atomic E-state index is 0.388. The summed E-state index contributed by atoms with van der Waals surface area (Å²) in [7, 11) is 1.75. The summed E-state index contributed by atoms with van der Waals surface area (Å²) in [5, 5.41) is 0.601. The quantitative estimate of drug-likeness (QED) is 0.884. The molecule has 1 aliphatic carbocycles. The normalized spacial score (nSPS) is 26.6. The van der Waals surface area contributed by atoms with E-state index in [1.807, 2.05) is 23.9 Å². The Morgan fingerprint density at radius 3 is 2.57 bits per heavy atom. The van der Waals surface area contributed by atoms with Gasteiger partial charge in [-0.2, -0.15) is 0 Å². The average molecular weight is 308 g/mol. The van der Waals surface area contributed by atoms with Crippen LogP contribution in [0.4, 0.5) is 0 Å². The first-order chi connectivity index (χ1) is 9.95. The molecule has 0 radical (unpaired) electrons. The predicted octanol–water partition coefficient (Wildman–Crippen LogP) is 4.58. The molecule has 3 unspecified atom stereocenters. The van der Waals surface area contributed by atoms with Gasteiger partial charge in [0.2, 0.25) is 0 Å². The van der Waals surface area contributed by atoms with Crippen LogP contribution in [0.25, 0.3) is 0 Å². The zero-order chi connectivity index (χ0) is 15.5. The molecule has 0 spiro atoms. The lowest BCUT2D eigenvalue weighted by atomic mass is 9.69. The summed E-state index contributed by atoms with van der Waals surface area (Å²) in [6.07, 6.45) is 3.83. The van der Waals surface area contributed by atoms with Crippen LogP contribution in [0, 0.1) is 17.3 Å². The molecule has 2 N–H and O–H groups in total. The number of hydrogen-bond acceptors (Lipinski definition) is 3. The second-order valence-corrected chi connectivity index (χ2v) is 8.46. The van der Waals surface area contributed by atoms with Gasteiger partial charge in [0.25, 0.3) is 0 Å². The minimum absolute atomic E-state index is 0.388. The monoisotopic (exact) mass is 307 g/mol. The van der Waals surface area contributed by atoms with E-state index in [1.54, 1.807) is 7.11 Å². The van der Waals surface area contributed by atoms with E-state index in [0.717, 1.165) is 18.2 Å². The molecule has 0 saturated heterocycles. The van der Waals surface area contributed by atoms with E-state index in [2.05, 4.69) is 32.9 Å². The summed E-state index contributed by atoms with van der Waals surface area (Å²) in [6.45, 7) is 7.89. The summed E-state index contributed by atoms with van der Waals surface area (Å²) >= 11 is 1.96. The molecule has 0 aromatic heterocycles. The van der Waals surface area contributed by atoms with E-state index in [0.29, 0.717) is 16.6 Å². The standard InChI is InChI=1S/C18H29NOS/c1-18(2,3)14-10-9-13(12-19)17(11-14)21-16-8-6-5-7-15(16)20-4/h5-8,13-14,17H,9-12,19H2,1-4H3. The number of nitrogens with two attached hydrogens (primary N) is 1. The molecule has 3 atom stereocenters. The summed E-state index contributed by atoms with van der Waals surface area (Å²) in [5.74, 6) is 2.39. The number of hydrogen-bond donors (Lipinski definition) is 1. The third-order valence-electron chi connectivity index (χ3n) is 4.80. The first-order valence-corrected chi connectivity index (χ1v) is 8.83. The van der Waals surface area contributed by atoms with Crippen molar-refractivity contribution in [3.05, 3.63) is 24.3 Å². The van der Waals surface area contributed by atoms with Gasteiger partial charge in [-0.3, -0.25) is 0 Å². The Bertz CT molecular complexity index is 455. The fourth-order valence-electron chi connectivity index (χ4n) is 3.27. The third kappa shape index (κ3) is 4.17. The molecular formula is C18H29NOS. The smallest absolute Gasteiger partial charge is 0.132 e. The molecule has 1 fully saturated rings. The summed E-state index contributed by atoms with van der Waals surface area (Å²) in [6, 6.07) is 8.33. The number of rotatable bonds is 4. The Labute approximate surface area is 133 Å². The van der Waals surface area contributed by atoms with Crippen molar-refractivity contribution in [1.82, 2.24) is 0 Å². The largest absolute Gasteiger partial charge is 0.496 e. The fraction of sp³-hybridized carbons (Fsp3) is 0.667. The van der Waals surface area contributed by atoms with Crippen molar-refractivity contribution in [3.63, 3.8) is 0 Å². The molecule has 0 aliphatic heterocycles. The molecule has 0 amide bonds. The third-order valence-corrected chi connectivity index (χ3v) is 6.27. The molecule has 0 bridgehead atoms. The molecule has 1 saturated carbocycles. The summed E-state index contributed by atoms with van der Waals surface area (Å²) in [5.41, 5.74) is 6.42. The van der Waals surface area contributed by atoms with Gasteiger partial charge in [-0.1, -0.05) is 32.9 Å².